The third-order valence-corrected chi connectivity index (χ3v) is 3.92. The van der Waals surface area contributed by atoms with Gasteiger partial charge in [-0.2, -0.15) is 0 Å². The minimum absolute atomic E-state index is 0.150. The van der Waals surface area contributed by atoms with Crippen molar-refractivity contribution in [3.8, 4) is 5.75 Å². The lowest BCUT2D eigenvalue weighted by molar-refractivity contribution is -0.304. The van der Waals surface area contributed by atoms with Crippen molar-refractivity contribution >= 4 is 28.8 Å². The Hall–Kier alpha value is -3.36. The van der Waals surface area contributed by atoms with Gasteiger partial charge in [0, 0.05) is 0 Å². The van der Waals surface area contributed by atoms with Crippen LogP contribution in [0.5, 0.6) is 5.75 Å². The van der Waals surface area contributed by atoms with Crippen LogP contribution in [-0.2, 0) is 20.8 Å². The van der Waals surface area contributed by atoms with Crippen molar-refractivity contribution in [3.05, 3.63) is 39.2 Å². The molecular formula is C18H19N2O7-. The number of fused-ring (bicyclic) bond motifs is 1. The molecular weight excluding hydrogens is 356 g/mol. The normalized spacial score (nSPS) is 10.5. The van der Waals surface area contributed by atoms with Gasteiger partial charge in [0.1, 0.15) is 11.3 Å². The van der Waals surface area contributed by atoms with Crippen molar-refractivity contribution in [2.24, 2.45) is 0 Å². The summed E-state index contributed by atoms with van der Waals surface area (Å²) in [6.07, 6.45) is -0.297. The molecule has 0 saturated carbocycles. The van der Waals surface area contributed by atoms with E-state index in [1.54, 1.807) is 19.1 Å². The number of nitrogens with one attached hydrogen (secondary N) is 2. The highest BCUT2D eigenvalue weighted by Crippen LogP contribution is 2.30. The topological polar surface area (TPSA) is 138 Å². The largest absolute Gasteiger partial charge is 0.548 e. The Bertz CT molecular complexity index is 962. The molecule has 0 saturated heterocycles. The van der Waals surface area contributed by atoms with E-state index in [9.17, 15) is 24.3 Å². The van der Waals surface area contributed by atoms with Gasteiger partial charge in [0.15, 0.2) is 0 Å². The number of benzene rings is 1. The third kappa shape index (κ3) is 4.84. The minimum atomic E-state index is -1.44. The fourth-order valence-electron chi connectivity index (χ4n) is 2.64. The molecule has 1 heterocycles. The molecule has 2 rings (SSSR count). The Balaban J connectivity index is 2.20. The van der Waals surface area contributed by atoms with Crippen LogP contribution in [0.4, 0.5) is 0 Å². The van der Waals surface area contributed by atoms with E-state index in [-0.39, 0.29) is 12.0 Å². The van der Waals surface area contributed by atoms with Gasteiger partial charge in [0.05, 0.1) is 43.5 Å². The lowest BCUT2D eigenvalue weighted by atomic mass is 10.0. The summed E-state index contributed by atoms with van der Waals surface area (Å²) >= 11 is 0. The van der Waals surface area contributed by atoms with Crippen LogP contribution in [0.1, 0.15) is 16.7 Å². The number of aliphatic carboxylic acids is 1. The number of ether oxygens (including phenoxy) is 1. The summed E-state index contributed by atoms with van der Waals surface area (Å²) in [6.45, 7) is 2.45. The standard InChI is InChI=1S/C18H20N2O7/c1-9-4-12(26-3)17-10(2)11(18(25)27-13(17)5-9)6-14(21)19-7-15(22)20-8-16(23)24/h4-5H,6-8H2,1-3H3,(H,19,21)(H,20,22)(H,23,24)/p-1. The molecule has 2 amide bonds. The number of hydrogen-bond donors (Lipinski definition) is 2. The Morgan fingerprint density at radius 3 is 2.41 bits per heavy atom. The number of carboxylic acids is 1. The molecule has 2 N–H and O–H groups in total. The molecule has 0 bridgehead atoms. The third-order valence-electron chi connectivity index (χ3n) is 3.92. The van der Waals surface area contributed by atoms with E-state index in [0.29, 0.717) is 22.3 Å². The van der Waals surface area contributed by atoms with Crippen molar-refractivity contribution in [1.82, 2.24) is 10.6 Å². The number of methoxy groups -OCH3 is 1. The Morgan fingerprint density at radius 2 is 1.78 bits per heavy atom. The maximum atomic E-state index is 12.3. The van der Waals surface area contributed by atoms with E-state index in [1.807, 2.05) is 6.92 Å². The molecule has 9 heteroatoms. The van der Waals surface area contributed by atoms with Gasteiger partial charge in [-0.05, 0) is 37.1 Å². The SMILES string of the molecule is COc1cc(C)cc2oc(=O)c(CC(=O)NCC(=O)NCC(=O)[O-])c(C)c12. The Morgan fingerprint density at radius 1 is 1.11 bits per heavy atom. The fraction of sp³-hybridized carbons (Fsp3) is 0.333. The molecule has 0 aliphatic rings. The van der Waals surface area contributed by atoms with Gasteiger partial charge in [-0.1, -0.05) is 0 Å². The maximum Gasteiger partial charge on any atom is 0.340 e. The molecule has 0 atom stereocenters. The maximum absolute atomic E-state index is 12.3. The molecule has 1 aromatic heterocycles. The fourth-order valence-corrected chi connectivity index (χ4v) is 2.64. The quantitative estimate of drug-likeness (QED) is 0.589. The van der Waals surface area contributed by atoms with Crippen LogP contribution >= 0.6 is 0 Å². The molecule has 0 unspecified atom stereocenters. The van der Waals surface area contributed by atoms with Crippen molar-refractivity contribution < 1.29 is 28.6 Å². The lowest BCUT2D eigenvalue weighted by Gasteiger charge is -2.12. The highest BCUT2D eigenvalue weighted by molar-refractivity contribution is 5.91. The summed E-state index contributed by atoms with van der Waals surface area (Å²) in [5.41, 5.74) is 1.27. The van der Waals surface area contributed by atoms with Crippen LogP contribution in [0.25, 0.3) is 11.0 Å². The predicted octanol–water partition coefficient (Wildman–Crippen LogP) is -1.06. The van der Waals surface area contributed by atoms with E-state index in [0.717, 1.165) is 5.56 Å². The molecule has 0 aliphatic carbocycles. The second-order valence-corrected chi connectivity index (χ2v) is 5.94. The minimum Gasteiger partial charge on any atom is -0.548 e. The number of carboxylic acid groups (broad SMARTS) is 1. The van der Waals surface area contributed by atoms with Crippen LogP contribution in [0.3, 0.4) is 0 Å². The molecule has 0 aliphatic heterocycles. The summed E-state index contributed by atoms with van der Waals surface area (Å²) in [4.78, 5) is 46.0. The van der Waals surface area contributed by atoms with Gasteiger partial charge < -0.3 is 29.7 Å². The van der Waals surface area contributed by atoms with Crippen LogP contribution in [0.15, 0.2) is 21.3 Å². The number of carbonyl (C=O) groups excluding carboxylic acids is 3. The van der Waals surface area contributed by atoms with Crippen LogP contribution in [-0.4, -0.2) is 38.0 Å². The smallest absolute Gasteiger partial charge is 0.340 e. The zero-order valence-electron chi connectivity index (χ0n) is 15.1. The van der Waals surface area contributed by atoms with Gasteiger partial charge in [0.25, 0.3) is 0 Å². The molecule has 1 aromatic carbocycles. The lowest BCUT2D eigenvalue weighted by Crippen LogP contribution is -2.43. The summed E-state index contributed by atoms with van der Waals surface area (Å²) in [5, 5.41) is 15.2. The number of aryl methyl sites for hydroxylation is 2. The molecule has 0 radical (unpaired) electrons. The first-order valence-corrected chi connectivity index (χ1v) is 8.07. The van der Waals surface area contributed by atoms with Crippen LogP contribution < -0.4 is 26.1 Å². The van der Waals surface area contributed by atoms with Crippen LogP contribution in [0.2, 0.25) is 0 Å². The highest BCUT2D eigenvalue weighted by atomic mass is 16.5. The van der Waals surface area contributed by atoms with Gasteiger partial charge in [-0.3, -0.25) is 9.59 Å². The average Bonchev–Trinajstić information content (AvgIpc) is 2.60. The summed E-state index contributed by atoms with van der Waals surface area (Å²) in [7, 11) is 1.50. The summed E-state index contributed by atoms with van der Waals surface area (Å²) in [5.74, 6) is -2.19. The average molecular weight is 375 g/mol. The van der Waals surface area contributed by atoms with Crippen LogP contribution in [0, 0.1) is 13.8 Å². The molecule has 144 valence electrons. The zero-order valence-corrected chi connectivity index (χ0v) is 15.1. The van der Waals surface area contributed by atoms with Gasteiger partial charge in [-0.15, -0.1) is 0 Å². The van der Waals surface area contributed by atoms with Crippen molar-refractivity contribution in [3.63, 3.8) is 0 Å². The number of amides is 2. The Labute approximate surface area is 154 Å². The van der Waals surface area contributed by atoms with Crippen molar-refractivity contribution in [2.45, 2.75) is 20.3 Å². The van der Waals surface area contributed by atoms with E-state index in [1.165, 1.54) is 7.11 Å². The van der Waals surface area contributed by atoms with Crippen molar-refractivity contribution in [1.29, 1.82) is 0 Å². The molecule has 2 aromatic rings. The van der Waals surface area contributed by atoms with Crippen molar-refractivity contribution in [2.75, 3.05) is 20.2 Å². The summed E-state index contributed by atoms with van der Waals surface area (Å²) in [6, 6.07) is 3.50. The highest BCUT2D eigenvalue weighted by Gasteiger charge is 2.18. The number of rotatable bonds is 7. The first-order valence-electron chi connectivity index (χ1n) is 8.07. The monoisotopic (exact) mass is 375 g/mol. The second kappa shape index (κ2) is 8.35. The molecule has 0 fully saturated rings. The first-order chi connectivity index (χ1) is 12.7. The molecule has 27 heavy (non-hydrogen) atoms. The predicted molar refractivity (Wildman–Crippen MR) is 93.2 cm³/mol. The first kappa shape index (κ1) is 20.0. The van der Waals surface area contributed by atoms with E-state index >= 15 is 0 Å². The van der Waals surface area contributed by atoms with Gasteiger partial charge in [0.2, 0.25) is 11.8 Å². The zero-order chi connectivity index (χ0) is 20.1. The van der Waals surface area contributed by atoms with E-state index in [2.05, 4.69) is 10.6 Å². The van der Waals surface area contributed by atoms with Gasteiger partial charge >= 0.3 is 5.63 Å². The number of hydrogen-bond acceptors (Lipinski definition) is 7. The molecule has 0 spiro atoms. The molecule has 9 nitrogen and oxygen atoms in total. The second-order valence-electron chi connectivity index (χ2n) is 5.94. The van der Waals surface area contributed by atoms with Gasteiger partial charge in [-0.25, -0.2) is 4.79 Å². The summed E-state index contributed by atoms with van der Waals surface area (Å²) < 4.78 is 10.7. The van der Waals surface area contributed by atoms with E-state index in [4.69, 9.17) is 9.15 Å². The number of carbonyl (C=O) groups is 3. The Kier molecular flexibility index (Phi) is 6.17. The van der Waals surface area contributed by atoms with E-state index < -0.39 is 36.5 Å².